The number of fused-ring (bicyclic) bond motifs is 1. The SMILES string of the molecule is Cc1oncc1C(=O)N[C@@H]1CN(Cc2ccco2)C[C@@H]2CCCO[C@@H]21. The highest BCUT2D eigenvalue weighted by Crippen LogP contribution is 2.29. The molecule has 2 aliphatic rings. The molecule has 7 heteroatoms. The molecule has 0 bridgehead atoms. The smallest absolute Gasteiger partial charge is 0.256 e. The van der Waals surface area contributed by atoms with Crippen molar-refractivity contribution in [1.29, 1.82) is 0 Å². The first-order valence-corrected chi connectivity index (χ1v) is 8.79. The van der Waals surface area contributed by atoms with Crippen molar-refractivity contribution in [2.24, 2.45) is 5.92 Å². The van der Waals surface area contributed by atoms with E-state index < -0.39 is 0 Å². The molecule has 2 saturated heterocycles. The fraction of sp³-hybridized carbons (Fsp3) is 0.556. The van der Waals surface area contributed by atoms with Crippen LogP contribution >= 0.6 is 0 Å². The van der Waals surface area contributed by atoms with Gasteiger partial charge in [0, 0.05) is 19.7 Å². The van der Waals surface area contributed by atoms with Gasteiger partial charge in [-0.2, -0.15) is 0 Å². The zero-order chi connectivity index (χ0) is 17.2. The molecule has 4 heterocycles. The lowest BCUT2D eigenvalue weighted by molar-refractivity contribution is -0.0855. The lowest BCUT2D eigenvalue weighted by Gasteiger charge is -2.45. The molecule has 4 rings (SSSR count). The third-order valence-electron chi connectivity index (χ3n) is 5.11. The van der Waals surface area contributed by atoms with Gasteiger partial charge in [0.2, 0.25) is 0 Å². The van der Waals surface area contributed by atoms with E-state index in [1.165, 1.54) is 6.20 Å². The Morgan fingerprint density at radius 3 is 3.12 bits per heavy atom. The van der Waals surface area contributed by atoms with Crippen molar-refractivity contribution in [3.8, 4) is 0 Å². The topological polar surface area (TPSA) is 80.7 Å². The zero-order valence-corrected chi connectivity index (χ0v) is 14.3. The predicted octanol–water partition coefficient (Wildman–Crippen LogP) is 1.99. The van der Waals surface area contributed by atoms with Gasteiger partial charge in [0.1, 0.15) is 17.1 Å². The molecule has 2 aromatic rings. The quantitative estimate of drug-likeness (QED) is 0.913. The van der Waals surface area contributed by atoms with Gasteiger partial charge >= 0.3 is 0 Å². The molecule has 0 aliphatic carbocycles. The summed E-state index contributed by atoms with van der Waals surface area (Å²) in [6.45, 7) is 4.95. The van der Waals surface area contributed by atoms with Crippen LogP contribution in [0, 0.1) is 12.8 Å². The van der Waals surface area contributed by atoms with Gasteiger partial charge < -0.3 is 19.0 Å². The number of aryl methyl sites for hydroxylation is 1. The Bertz CT molecular complexity index is 712. The highest BCUT2D eigenvalue weighted by molar-refractivity contribution is 5.95. The van der Waals surface area contributed by atoms with Gasteiger partial charge in [0.05, 0.1) is 31.2 Å². The van der Waals surface area contributed by atoms with E-state index in [-0.39, 0.29) is 18.1 Å². The Kier molecular flexibility index (Phi) is 4.59. The average Bonchev–Trinajstić information content (AvgIpc) is 3.26. The monoisotopic (exact) mass is 345 g/mol. The van der Waals surface area contributed by atoms with Crippen molar-refractivity contribution in [3.63, 3.8) is 0 Å². The molecule has 0 spiro atoms. The fourth-order valence-electron chi connectivity index (χ4n) is 3.94. The van der Waals surface area contributed by atoms with Crippen molar-refractivity contribution < 1.29 is 18.5 Å². The molecule has 0 radical (unpaired) electrons. The first kappa shape index (κ1) is 16.4. The van der Waals surface area contributed by atoms with Crippen LogP contribution in [0.15, 0.2) is 33.5 Å². The van der Waals surface area contributed by atoms with E-state index in [0.717, 1.165) is 44.8 Å². The largest absolute Gasteiger partial charge is 0.468 e. The van der Waals surface area contributed by atoms with E-state index in [9.17, 15) is 4.79 Å². The van der Waals surface area contributed by atoms with Crippen LogP contribution in [0.25, 0.3) is 0 Å². The molecule has 2 fully saturated rings. The summed E-state index contributed by atoms with van der Waals surface area (Å²) in [7, 11) is 0. The second-order valence-corrected chi connectivity index (χ2v) is 6.89. The Labute approximate surface area is 146 Å². The Balaban J connectivity index is 1.48. The highest BCUT2D eigenvalue weighted by atomic mass is 16.5. The van der Waals surface area contributed by atoms with Gasteiger partial charge in [-0.3, -0.25) is 9.69 Å². The van der Waals surface area contributed by atoms with Crippen molar-refractivity contribution in [3.05, 3.63) is 41.7 Å². The standard InChI is InChI=1S/C18H23N3O4/c1-12-15(8-19-25-12)18(22)20-16-11-21(10-14-5-3-6-23-14)9-13-4-2-7-24-17(13)16/h3,5-6,8,13,16-17H,2,4,7,9-11H2,1H3,(H,20,22)/t13-,16+,17-/m0/s1. The average molecular weight is 345 g/mol. The lowest BCUT2D eigenvalue weighted by Crippen LogP contribution is -2.60. The number of piperidine rings is 1. The third-order valence-corrected chi connectivity index (χ3v) is 5.11. The molecule has 1 amide bonds. The van der Waals surface area contributed by atoms with E-state index in [1.807, 2.05) is 12.1 Å². The van der Waals surface area contributed by atoms with E-state index in [0.29, 0.717) is 17.2 Å². The number of ether oxygens (including phenoxy) is 1. The van der Waals surface area contributed by atoms with Gasteiger partial charge in [-0.15, -0.1) is 0 Å². The Morgan fingerprint density at radius 1 is 1.44 bits per heavy atom. The molecule has 3 atom stereocenters. The summed E-state index contributed by atoms with van der Waals surface area (Å²) < 4.78 is 16.5. The Hall–Kier alpha value is -2.12. The molecule has 0 unspecified atom stereocenters. The van der Waals surface area contributed by atoms with Crippen LogP contribution in [0.4, 0.5) is 0 Å². The van der Waals surface area contributed by atoms with Gasteiger partial charge in [-0.25, -0.2) is 0 Å². The molecular weight excluding hydrogens is 322 g/mol. The summed E-state index contributed by atoms with van der Waals surface area (Å²) in [5.41, 5.74) is 0.482. The van der Waals surface area contributed by atoms with E-state index in [2.05, 4.69) is 15.4 Å². The van der Waals surface area contributed by atoms with Crippen LogP contribution in [0.1, 0.15) is 34.7 Å². The number of hydrogen-bond donors (Lipinski definition) is 1. The van der Waals surface area contributed by atoms with E-state index >= 15 is 0 Å². The van der Waals surface area contributed by atoms with E-state index in [1.54, 1.807) is 13.2 Å². The summed E-state index contributed by atoms with van der Waals surface area (Å²) in [4.78, 5) is 14.9. The molecule has 134 valence electrons. The minimum atomic E-state index is -0.156. The molecule has 7 nitrogen and oxygen atoms in total. The van der Waals surface area contributed by atoms with Crippen molar-refractivity contribution in [2.75, 3.05) is 19.7 Å². The maximum atomic E-state index is 12.6. The third kappa shape index (κ3) is 3.48. The number of rotatable bonds is 4. The molecule has 1 N–H and O–H groups in total. The number of aromatic nitrogens is 1. The zero-order valence-electron chi connectivity index (χ0n) is 14.3. The van der Waals surface area contributed by atoms with Crippen LogP contribution in [0.2, 0.25) is 0 Å². The number of nitrogens with one attached hydrogen (secondary N) is 1. The molecule has 25 heavy (non-hydrogen) atoms. The molecule has 0 saturated carbocycles. The maximum Gasteiger partial charge on any atom is 0.256 e. The Morgan fingerprint density at radius 2 is 2.36 bits per heavy atom. The van der Waals surface area contributed by atoms with E-state index in [4.69, 9.17) is 13.7 Å². The summed E-state index contributed by atoms with van der Waals surface area (Å²) in [6, 6.07) is 3.83. The minimum Gasteiger partial charge on any atom is -0.468 e. The lowest BCUT2D eigenvalue weighted by atomic mass is 9.85. The van der Waals surface area contributed by atoms with Crippen LogP contribution in [-0.2, 0) is 11.3 Å². The highest BCUT2D eigenvalue weighted by Gasteiger charge is 2.40. The second kappa shape index (κ2) is 7.01. The first-order chi connectivity index (χ1) is 12.2. The van der Waals surface area contributed by atoms with Crippen molar-refractivity contribution in [2.45, 2.75) is 38.5 Å². The number of furan rings is 1. The van der Waals surface area contributed by atoms with Gasteiger partial charge in [-0.1, -0.05) is 5.16 Å². The molecular formula is C18H23N3O4. The molecule has 2 aromatic heterocycles. The van der Waals surface area contributed by atoms with Gasteiger partial charge in [0.25, 0.3) is 5.91 Å². The van der Waals surface area contributed by atoms with Crippen molar-refractivity contribution in [1.82, 2.24) is 15.4 Å². The van der Waals surface area contributed by atoms with Crippen LogP contribution in [-0.4, -0.2) is 47.8 Å². The maximum absolute atomic E-state index is 12.6. The second-order valence-electron chi connectivity index (χ2n) is 6.89. The van der Waals surface area contributed by atoms with Crippen LogP contribution in [0.3, 0.4) is 0 Å². The van der Waals surface area contributed by atoms with Gasteiger partial charge in [-0.05, 0) is 37.8 Å². The summed E-state index contributed by atoms with van der Waals surface area (Å²) >= 11 is 0. The summed E-state index contributed by atoms with van der Waals surface area (Å²) in [5.74, 6) is 1.74. The summed E-state index contributed by atoms with van der Waals surface area (Å²) in [5, 5.41) is 6.83. The number of amides is 1. The first-order valence-electron chi connectivity index (χ1n) is 8.79. The van der Waals surface area contributed by atoms with Gasteiger partial charge in [0.15, 0.2) is 0 Å². The molecule has 2 aliphatic heterocycles. The number of likely N-dealkylation sites (tertiary alicyclic amines) is 1. The van der Waals surface area contributed by atoms with Crippen LogP contribution in [0.5, 0.6) is 0 Å². The molecule has 0 aromatic carbocycles. The number of nitrogens with zero attached hydrogens (tertiary/aromatic N) is 2. The van der Waals surface area contributed by atoms with Crippen molar-refractivity contribution >= 4 is 5.91 Å². The summed E-state index contributed by atoms with van der Waals surface area (Å²) in [6.07, 6.45) is 5.41. The van der Waals surface area contributed by atoms with Crippen LogP contribution < -0.4 is 5.32 Å². The number of carbonyl (C=O) groups excluding carboxylic acids is 1. The number of hydrogen-bond acceptors (Lipinski definition) is 6. The minimum absolute atomic E-state index is 0.0594. The fourth-order valence-corrected chi connectivity index (χ4v) is 3.94. The predicted molar refractivity (Wildman–Crippen MR) is 88.9 cm³/mol. The number of carbonyl (C=O) groups is 1. The normalized spacial score (nSPS) is 27.0.